The maximum atomic E-state index is 3.68. The van der Waals surface area contributed by atoms with Gasteiger partial charge in [-0.3, -0.25) is 0 Å². The van der Waals surface area contributed by atoms with Crippen LogP contribution in [0.2, 0.25) is 0 Å². The molecule has 3 rings (SSSR count). The first-order chi connectivity index (χ1) is 8.75. The molecule has 0 bridgehead atoms. The van der Waals surface area contributed by atoms with Gasteiger partial charge in [-0.2, -0.15) is 0 Å². The molecule has 1 aliphatic heterocycles. The highest BCUT2D eigenvalue weighted by atomic mass is 79.9. The van der Waals surface area contributed by atoms with Crippen molar-refractivity contribution in [3.05, 3.63) is 41.8 Å². The average molecular weight is 322 g/mol. The third-order valence-corrected chi connectivity index (χ3v) is 5.28. The van der Waals surface area contributed by atoms with E-state index in [1.807, 2.05) is 11.3 Å². The van der Waals surface area contributed by atoms with Crippen molar-refractivity contribution >= 4 is 33.0 Å². The molecule has 1 nitrogen and oxygen atoms in total. The minimum absolute atomic E-state index is 0.618. The highest BCUT2D eigenvalue weighted by molar-refractivity contribution is 9.09. The summed E-state index contributed by atoms with van der Waals surface area (Å²) in [6.07, 6.45) is 0. The largest absolute Gasteiger partial charge is 0.370 e. The molecule has 0 saturated carbocycles. The van der Waals surface area contributed by atoms with Gasteiger partial charge in [0, 0.05) is 23.8 Å². The van der Waals surface area contributed by atoms with E-state index in [1.54, 1.807) is 0 Å². The summed E-state index contributed by atoms with van der Waals surface area (Å²) >= 11 is 5.52. The molecule has 1 saturated heterocycles. The molecule has 1 unspecified atom stereocenters. The van der Waals surface area contributed by atoms with Gasteiger partial charge in [-0.15, -0.1) is 11.3 Å². The Morgan fingerprint density at radius 2 is 1.94 bits per heavy atom. The van der Waals surface area contributed by atoms with Crippen LogP contribution in [0.25, 0.3) is 10.4 Å². The van der Waals surface area contributed by atoms with Crippen molar-refractivity contribution in [2.24, 2.45) is 5.92 Å². The fourth-order valence-electron chi connectivity index (χ4n) is 2.36. The molecule has 1 aromatic heterocycles. The number of halogens is 1. The maximum Gasteiger partial charge on any atom is 0.0576 e. The number of nitrogens with zero attached hydrogens (tertiary/aromatic N) is 1. The van der Waals surface area contributed by atoms with Crippen LogP contribution in [0.4, 0.5) is 5.69 Å². The van der Waals surface area contributed by atoms with Gasteiger partial charge >= 0.3 is 0 Å². The fraction of sp³-hybridized carbons (Fsp3) is 0.333. The lowest BCUT2D eigenvalue weighted by atomic mass is 9.96. The van der Waals surface area contributed by atoms with Gasteiger partial charge in [0.05, 0.1) is 10.6 Å². The third kappa shape index (κ3) is 2.21. The van der Waals surface area contributed by atoms with Crippen LogP contribution in [-0.4, -0.2) is 17.9 Å². The normalized spacial score (nSPS) is 17.6. The quantitative estimate of drug-likeness (QED) is 0.745. The van der Waals surface area contributed by atoms with Crippen LogP contribution in [0, 0.1) is 5.92 Å². The second kappa shape index (κ2) is 5.06. The van der Waals surface area contributed by atoms with Crippen LogP contribution in [-0.2, 0) is 0 Å². The minimum atomic E-state index is 0.618. The maximum absolute atomic E-state index is 3.68. The molecular formula is C15H16BrNS. The van der Waals surface area contributed by atoms with Crippen LogP contribution in [0.1, 0.15) is 6.92 Å². The van der Waals surface area contributed by atoms with Crippen LogP contribution < -0.4 is 4.90 Å². The van der Waals surface area contributed by atoms with Gasteiger partial charge in [0.15, 0.2) is 0 Å². The van der Waals surface area contributed by atoms with E-state index in [-0.39, 0.29) is 0 Å². The lowest BCUT2D eigenvalue weighted by molar-refractivity contribution is 0.412. The zero-order valence-electron chi connectivity index (χ0n) is 10.3. The van der Waals surface area contributed by atoms with Crippen LogP contribution in [0.15, 0.2) is 41.8 Å². The Hall–Kier alpha value is -0.800. The van der Waals surface area contributed by atoms with E-state index in [1.165, 1.54) is 29.2 Å². The summed E-state index contributed by atoms with van der Waals surface area (Å²) in [7, 11) is 0. The predicted octanol–water partition coefficient (Wildman–Crippen LogP) is 4.63. The molecule has 1 atom stereocenters. The van der Waals surface area contributed by atoms with E-state index in [0.717, 1.165) is 5.92 Å². The Balaban J connectivity index is 1.82. The highest BCUT2D eigenvalue weighted by Gasteiger charge is 2.31. The second-order valence-corrected chi connectivity index (χ2v) is 7.20. The Labute approximate surface area is 121 Å². The van der Waals surface area contributed by atoms with E-state index < -0.39 is 0 Å². The summed E-state index contributed by atoms with van der Waals surface area (Å²) in [5.41, 5.74) is 2.73. The Morgan fingerprint density at radius 1 is 1.22 bits per heavy atom. The van der Waals surface area contributed by atoms with Gasteiger partial charge in [0.1, 0.15) is 0 Å². The van der Waals surface area contributed by atoms with E-state index in [2.05, 4.69) is 69.5 Å². The van der Waals surface area contributed by atoms with Gasteiger partial charge in [-0.25, -0.2) is 0 Å². The van der Waals surface area contributed by atoms with Crippen LogP contribution >= 0.6 is 27.3 Å². The zero-order valence-corrected chi connectivity index (χ0v) is 12.7. The van der Waals surface area contributed by atoms with Crippen LogP contribution in [0.3, 0.4) is 0 Å². The topological polar surface area (TPSA) is 3.24 Å². The van der Waals surface area contributed by atoms with Gasteiger partial charge in [0.2, 0.25) is 0 Å². The Kier molecular flexibility index (Phi) is 3.44. The number of hydrogen-bond acceptors (Lipinski definition) is 2. The summed E-state index contributed by atoms with van der Waals surface area (Å²) in [6.45, 7) is 4.58. The molecule has 0 aliphatic carbocycles. The van der Waals surface area contributed by atoms with E-state index in [0.29, 0.717) is 4.83 Å². The van der Waals surface area contributed by atoms with Crippen molar-refractivity contribution in [3.63, 3.8) is 0 Å². The lowest BCUT2D eigenvalue weighted by Gasteiger charge is -2.42. The zero-order chi connectivity index (χ0) is 12.5. The van der Waals surface area contributed by atoms with Gasteiger partial charge in [-0.1, -0.05) is 53.2 Å². The summed E-state index contributed by atoms with van der Waals surface area (Å²) < 4.78 is 0. The van der Waals surface area contributed by atoms with E-state index in [9.17, 15) is 0 Å². The molecule has 1 aromatic carbocycles. The number of alkyl halides is 1. The first-order valence-corrected chi connectivity index (χ1v) is 8.07. The predicted molar refractivity (Wildman–Crippen MR) is 83.8 cm³/mol. The fourth-order valence-corrected chi connectivity index (χ4v) is 3.61. The summed E-state index contributed by atoms with van der Waals surface area (Å²) in [6, 6.07) is 12.9. The van der Waals surface area contributed by atoms with Gasteiger partial charge < -0.3 is 4.90 Å². The van der Waals surface area contributed by atoms with Crippen molar-refractivity contribution < 1.29 is 0 Å². The average Bonchev–Trinajstić information content (AvgIpc) is 2.77. The Morgan fingerprint density at radius 3 is 2.61 bits per heavy atom. The number of anilines is 1. The molecule has 2 aromatic rings. The molecule has 0 spiro atoms. The monoisotopic (exact) mass is 321 g/mol. The third-order valence-electron chi connectivity index (χ3n) is 3.58. The molecule has 0 radical (unpaired) electrons. The van der Waals surface area contributed by atoms with Crippen molar-refractivity contribution in [1.82, 2.24) is 0 Å². The van der Waals surface area contributed by atoms with Gasteiger partial charge in [-0.05, 0) is 17.0 Å². The number of rotatable bonds is 3. The molecule has 0 N–H and O–H groups in total. The van der Waals surface area contributed by atoms with E-state index >= 15 is 0 Å². The standard InChI is InChI=1S/C15H16BrNS/c1-11(16)13-9-17(10-13)14-7-8-18-15(14)12-5-3-2-4-6-12/h2-8,11,13H,9-10H2,1H3. The highest BCUT2D eigenvalue weighted by Crippen LogP contribution is 2.40. The molecule has 3 heteroatoms. The van der Waals surface area contributed by atoms with Gasteiger partial charge in [0.25, 0.3) is 0 Å². The molecule has 2 heterocycles. The summed E-state index contributed by atoms with van der Waals surface area (Å²) in [4.78, 5) is 4.50. The number of hydrogen-bond donors (Lipinski definition) is 0. The number of thiophene rings is 1. The van der Waals surface area contributed by atoms with E-state index in [4.69, 9.17) is 0 Å². The SMILES string of the molecule is CC(Br)C1CN(c2ccsc2-c2ccccc2)C1. The molecule has 1 aliphatic rings. The first-order valence-electron chi connectivity index (χ1n) is 6.27. The minimum Gasteiger partial charge on any atom is -0.370 e. The van der Waals surface area contributed by atoms with Crippen molar-refractivity contribution in [2.75, 3.05) is 18.0 Å². The molecule has 94 valence electrons. The molecule has 0 amide bonds. The van der Waals surface area contributed by atoms with Crippen molar-refractivity contribution in [2.45, 2.75) is 11.8 Å². The number of benzene rings is 1. The van der Waals surface area contributed by atoms with Crippen molar-refractivity contribution in [3.8, 4) is 10.4 Å². The molecular weight excluding hydrogens is 306 g/mol. The summed E-state index contributed by atoms with van der Waals surface area (Å²) in [5.74, 6) is 0.786. The smallest absolute Gasteiger partial charge is 0.0576 e. The first kappa shape index (κ1) is 12.2. The van der Waals surface area contributed by atoms with Crippen molar-refractivity contribution in [1.29, 1.82) is 0 Å². The van der Waals surface area contributed by atoms with Crippen LogP contribution in [0.5, 0.6) is 0 Å². The lowest BCUT2D eigenvalue weighted by Crippen LogP contribution is -2.50. The molecule has 18 heavy (non-hydrogen) atoms. The second-order valence-electron chi connectivity index (χ2n) is 4.84. The Bertz CT molecular complexity index is 514. The summed E-state index contributed by atoms with van der Waals surface area (Å²) in [5, 5.41) is 2.20. The molecule has 1 fully saturated rings.